The summed E-state index contributed by atoms with van der Waals surface area (Å²) in [6.07, 6.45) is 3.70. The Labute approximate surface area is 101 Å². The van der Waals surface area contributed by atoms with E-state index in [1.54, 1.807) is 0 Å². The lowest BCUT2D eigenvalue weighted by atomic mass is 10.3. The minimum atomic E-state index is 0.361. The third-order valence-electron chi connectivity index (χ3n) is 2.87. The number of aromatic nitrogens is 4. The van der Waals surface area contributed by atoms with Gasteiger partial charge in [0.1, 0.15) is 5.82 Å². The van der Waals surface area contributed by atoms with Crippen molar-refractivity contribution < 1.29 is 0 Å². The molecular weight excluding hydrogens is 214 g/mol. The fourth-order valence-electron chi connectivity index (χ4n) is 1.87. The summed E-state index contributed by atoms with van der Waals surface area (Å²) >= 11 is 0. The zero-order chi connectivity index (χ0) is 12.4. The molecule has 0 unspecified atom stereocenters. The van der Waals surface area contributed by atoms with Crippen LogP contribution in [0.2, 0.25) is 0 Å². The van der Waals surface area contributed by atoms with Gasteiger partial charge >= 0.3 is 0 Å². The van der Waals surface area contributed by atoms with Gasteiger partial charge in [-0.25, -0.2) is 4.68 Å². The first-order valence-corrected chi connectivity index (χ1v) is 5.84. The summed E-state index contributed by atoms with van der Waals surface area (Å²) in [5.41, 5.74) is 2.40. The van der Waals surface area contributed by atoms with Gasteiger partial charge < -0.3 is 5.32 Å². The van der Waals surface area contributed by atoms with E-state index in [2.05, 4.69) is 36.3 Å². The van der Waals surface area contributed by atoms with Crippen molar-refractivity contribution in [3.8, 4) is 0 Å². The van der Waals surface area contributed by atoms with Gasteiger partial charge in [-0.15, -0.1) is 0 Å². The lowest BCUT2D eigenvalue weighted by Crippen LogP contribution is -2.12. The van der Waals surface area contributed by atoms with Gasteiger partial charge in [0.05, 0.1) is 24.6 Å². The maximum absolute atomic E-state index is 4.29. The monoisotopic (exact) mass is 233 g/mol. The third-order valence-corrected chi connectivity index (χ3v) is 2.87. The summed E-state index contributed by atoms with van der Waals surface area (Å²) in [5, 5.41) is 11.9. The largest absolute Gasteiger partial charge is 0.365 e. The molecule has 2 heterocycles. The zero-order valence-corrected chi connectivity index (χ0v) is 10.8. The Kier molecular flexibility index (Phi) is 3.17. The fraction of sp³-hybridized carbons (Fsp3) is 0.500. The summed E-state index contributed by atoms with van der Waals surface area (Å²) < 4.78 is 3.88. The van der Waals surface area contributed by atoms with Gasteiger partial charge in [0.2, 0.25) is 0 Å². The quantitative estimate of drug-likeness (QED) is 0.880. The van der Waals surface area contributed by atoms with E-state index in [9.17, 15) is 0 Å². The number of nitrogens with zero attached hydrogens (tertiary/aromatic N) is 4. The van der Waals surface area contributed by atoms with E-state index in [-0.39, 0.29) is 0 Å². The van der Waals surface area contributed by atoms with E-state index in [1.165, 1.54) is 11.3 Å². The van der Waals surface area contributed by atoms with Gasteiger partial charge in [0, 0.05) is 19.2 Å². The van der Waals surface area contributed by atoms with Crippen LogP contribution < -0.4 is 5.32 Å². The SMILES string of the molecule is Cc1cnn(C)c1CNc1ccnn1C(C)C. The van der Waals surface area contributed by atoms with Gasteiger partial charge in [-0.05, 0) is 26.3 Å². The van der Waals surface area contributed by atoms with Crippen molar-refractivity contribution in [2.45, 2.75) is 33.4 Å². The molecule has 5 nitrogen and oxygen atoms in total. The Balaban J connectivity index is 2.10. The van der Waals surface area contributed by atoms with Crippen LogP contribution in [0.15, 0.2) is 18.5 Å². The van der Waals surface area contributed by atoms with Gasteiger partial charge in [0.15, 0.2) is 0 Å². The van der Waals surface area contributed by atoms with E-state index in [0.29, 0.717) is 6.04 Å². The second-order valence-corrected chi connectivity index (χ2v) is 4.51. The first kappa shape index (κ1) is 11.7. The average Bonchev–Trinajstić information content (AvgIpc) is 2.85. The van der Waals surface area contributed by atoms with Crippen LogP contribution in [0.5, 0.6) is 0 Å². The number of hydrogen-bond acceptors (Lipinski definition) is 3. The molecule has 0 aliphatic carbocycles. The highest BCUT2D eigenvalue weighted by Crippen LogP contribution is 2.15. The maximum Gasteiger partial charge on any atom is 0.124 e. The lowest BCUT2D eigenvalue weighted by molar-refractivity contribution is 0.537. The van der Waals surface area contributed by atoms with Crippen molar-refractivity contribution in [1.29, 1.82) is 0 Å². The number of nitrogens with one attached hydrogen (secondary N) is 1. The van der Waals surface area contributed by atoms with Crippen LogP contribution >= 0.6 is 0 Å². The molecule has 0 aliphatic heterocycles. The number of hydrogen-bond donors (Lipinski definition) is 1. The van der Waals surface area contributed by atoms with Crippen molar-refractivity contribution in [2.24, 2.45) is 7.05 Å². The molecule has 0 aromatic carbocycles. The smallest absolute Gasteiger partial charge is 0.124 e. The molecule has 1 N–H and O–H groups in total. The van der Waals surface area contributed by atoms with Crippen LogP contribution in [0.25, 0.3) is 0 Å². The van der Waals surface area contributed by atoms with Gasteiger partial charge in [-0.2, -0.15) is 10.2 Å². The van der Waals surface area contributed by atoms with Crippen LogP contribution in [0.3, 0.4) is 0 Å². The van der Waals surface area contributed by atoms with Gasteiger partial charge in [-0.1, -0.05) is 0 Å². The molecule has 0 radical (unpaired) electrons. The van der Waals surface area contributed by atoms with Crippen LogP contribution in [0.1, 0.15) is 31.1 Å². The Morgan fingerprint density at radius 2 is 2.12 bits per heavy atom. The molecule has 5 heteroatoms. The van der Waals surface area contributed by atoms with Gasteiger partial charge in [-0.3, -0.25) is 4.68 Å². The second kappa shape index (κ2) is 4.61. The molecule has 2 aromatic rings. The normalized spacial score (nSPS) is 11.1. The minimum absolute atomic E-state index is 0.361. The van der Waals surface area contributed by atoms with Crippen molar-refractivity contribution >= 4 is 5.82 Å². The zero-order valence-electron chi connectivity index (χ0n) is 10.8. The second-order valence-electron chi connectivity index (χ2n) is 4.51. The molecule has 0 bridgehead atoms. The molecule has 2 aromatic heterocycles. The molecule has 0 amide bonds. The molecule has 0 saturated heterocycles. The Hall–Kier alpha value is -1.78. The van der Waals surface area contributed by atoms with Crippen LogP contribution in [0.4, 0.5) is 5.82 Å². The summed E-state index contributed by atoms with van der Waals surface area (Å²) in [6.45, 7) is 7.07. The number of anilines is 1. The highest BCUT2D eigenvalue weighted by atomic mass is 15.3. The first-order valence-electron chi connectivity index (χ1n) is 5.84. The Bertz CT molecular complexity index is 475. The molecule has 0 atom stereocenters. The third kappa shape index (κ3) is 2.33. The molecule has 17 heavy (non-hydrogen) atoms. The fourth-order valence-corrected chi connectivity index (χ4v) is 1.87. The first-order chi connectivity index (χ1) is 8.09. The van der Waals surface area contributed by atoms with E-state index in [0.717, 1.165) is 12.4 Å². The van der Waals surface area contributed by atoms with Crippen LogP contribution in [-0.2, 0) is 13.6 Å². The van der Waals surface area contributed by atoms with E-state index in [1.807, 2.05) is 34.9 Å². The van der Waals surface area contributed by atoms with Gasteiger partial charge in [0.25, 0.3) is 0 Å². The maximum atomic E-state index is 4.29. The Morgan fingerprint density at radius 1 is 1.35 bits per heavy atom. The predicted octanol–water partition coefficient (Wildman–Crippen LogP) is 2.12. The van der Waals surface area contributed by atoms with Crippen molar-refractivity contribution in [2.75, 3.05) is 5.32 Å². The highest BCUT2D eigenvalue weighted by Gasteiger charge is 2.08. The van der Waals surface area contributed by atoms with Crippen LogP contribution in [-0.4, -0.2) is 19.6 Å². The summed E-state index contributed by atoms with van der Waals surface area (Å²) in [4.78, 5) is 0. The van der Waals surface area contributed by atoms with E-state index >= 15 is 0 Å². The predicted molar refractivity (Wildman–Crippen MR) is 67.9 cm³/mol. The summed E-state index contributed by atoms with van der Waals surface area (Å²) in [5.74, 6) is 1.04. The molecular formula is C12H19N5. The summed E-state index contributed by atoms with van der Waals surface area (Å²) in [6, 6.07) is 2.35. The molecule has 0 saturated carbocycles. The lowest BCUT2D eigenvalue weighted by Gasteiger charge is -2.13. The van der Waals surface area contributed by atoms with Crippen molar-refractivity contribution in [1.82, 2.24) is 19.6 Å². The average molecular weight is 233 g/mol. The van der Waals surface area contributed by atoms with E-state index < -0.39 is 0 Å². The topological polar surface area (TPSA) is 47.7 Å². The molecule has 0 fully saturated rings. The van der Waals surface area contributed by atoms with Crippen LogP contribution in [0, 0.1) is 6.92 Å². The molecule has 92 valence electrons. The minimum Gasteiger partial charge on any atom is -0.365 e. The molecule has 2 rings (SSSR count). The van der Waals surface area contributed by atoms with E-state index in [4.69, 9.17) is 0 Å². The molecule has 0 aliphatic rings. The highest BCUT2D eigenvalue weighted by molar-refractivity contribution is 5.35. The number of rotatable bonds is 4. The standard InChI is InChI=1S/C12H19N5/c1-9(2)17-12(5-6-14-17)13-8-11-10(3)7-15-16(11)4/h5-7,9,13H,8H2,1-4H3. The van der Waals surface area contributed by atoms with Crippen molar-refractivity contribution in [3.63, 3.8) is 0 Å². The van der Waals surface area contributed by atoms with Crippen molar-refractivity contribution in [3.05, 3.63) is 29.7 Å². The number of aryl methyl sites for hydroxylation is 2. The summed E-state index contributed by atoms with van der Waals surface area (Å²) in [7, 11) is 1.96. The molecule has 0 spiro atoms. The Morgan fingerprint density at radius 3 is 2.71 bits per heavy atom.